The number of amides is 1. The lowest BCUT2D eigenvalue weighted by atomic mass is 10.2. The van der Waals surface area contributed by atoms with E-state index >= 15 is 0 Å². The summed E-state index contributed by atoms with van der Waals surface area (Å²) in [5.41, 5.74) is 0.0596. The largest absolute Gasteiger partial charge is 0.497 e. The monoisotopic (exact) mass is 408 g/mol. The fourth-order valence-corrected chi connectivity index (χ4v) is 4.62. The van der Waals surface area contributed by atoms with Crippen molar-refractivity contribution in [2.75, 3.05) is 26.0 Å². The number of nitrogens with zero attached hydrogens (tertiary/aromatic N) is 2. The molecular formula is C18H20N2O5S2. The number of carbonyl (C=O) groups is 2. The summed E-state index contributed by atoms with van der Waals surface area (Å²) in [4.78, 5) is 28.9. The van der Waals surface area contributed by atoms with Crippen LogP contribution in [0.1, 0.15) is 23.3 Å². The zero-order valence-corrected chi connectivity index (χ0v) is 16.4. The molecular weight excluding hydrogens is 388 g/mol. The Morgan fingerprint density at radius 3 is 3.00 bits per heavy atom. The van der Waals surface area contributed by atoms with Gasteiger partial charge in [0.25, 0.3) is 0 Å². The highest BCUT2D eigenvalue weighted by Gasteiger charge is 2.31. The van der Waals surface area contributed by atoms with Crippen LogP contribution in [0.5, 0.6) is 11.5 Å². The highest BCUT2D eigenvalue weighted by atomic mass is 32.2. The van der Waals surface area contributed by atoms with Gasteiger partial charge >= 0.3 is 5.97 Å². The van der Waals surface area contributed by atoms with Crippen molar-refractivity contribution in [2.24, 2.45) is 0 Å². The van der Waals surface area contributed by atoms with Gasteiger partial charge in [-0.25, -0.2) is 9.78 Å². The molecule has 0 unspecified atom stereocenters. The first-order chi connectivity index (χ1) is 13.1. The minimum atomic E-state index is -1.03. The van der Waals surface area contributed by atoms with Crippen LogP contribution in [-0.2, 0) is 4.79 Å². The number of aromatic nitrogens is 1. The molecule has 1 aromatic heterocycles. The van der Waals surface area contributed by atoms with Gasteiger partial charge in [0.2, 0.25) is 5.91 Å². The quantitative estimate of drug-likeness (QED) is 0.638. The maximum Gasteiger partial charge on any atom is 0.355 e. The average Bonchev–Trinajstić information content (AvgIpc) is 3.28. The number of carboxylic acids is 1. The van der Waals surface area contributed by atoms with Crippen LogP contribution in [-0.4, -0.2) is 58.9 Å². The Bertz CT molecular complexity index is 811. The molecule has 0 radical (unpaired) electrons. The number of carboxylic acid groups (broad SMARTS) is 1. The Kier molecular flexibility index (Phi) is 6.57. The summed E-state index contributed by atoms with van der Waals surface area (Å²) in [6.07, 6.45) is 1.30. The highest BCUT2D eigenvalue weighted by Crippen LogP contribution is 2.26. The fourth-order valence-electron chi connectivity index (χ4n) is 2.81. The third-order valence-corrected chi connectivity index (χ3v) is 6.20. The van der Waals surface area contributed by atoms with E-state index in [-0.39, 0.29) is 17.6 Å². The maximum absolute atomic E-state index is 12.2. The van der Waals surface area contributed by atoms with Crippen LogP contribution in [0.3, 0.4) is 0 Å². The second kappa shape index (κ2) is 9.09. The van der Waals surface area contributed by atoms with Gasteiger partial charge in [0.15, 0.2) is 10.0 Å². The topological polar surface area (TPSA) is 89.0 Å². The lowest BCUT2D eigenvalue weighted by Crippen LogP contribution is -2.38. The summed E-state index contributed by atoms with van der Waals surface area (Å²) in [5, 5.41) is 10.4. The van der Waals surface area contributed by atoms with Crippen LogP contribution >= 0.6 is 23.1 Å². The molecule has 1 aromatic carbocycles. The minimum Gasteiger partial charge on any atom is -0.497 e. The smallest absolute Gasteiger partial charge is 0.355 e. The number of carbonyl (C=O) groups excluding carboxylic acids is 1. The van der Waals surface area contributed by atoms with Crippen LogP contribution in [0.4, 0.5) is 0 Å². The number of hydrogen-bond acceptors (Lipinski definition) is 7. The molecule has 1 fully saturated rings. The molecule has 0 aliphatic carbocycles. The van der Waals surface area contributed by atoms with E-state index in [4.69, 9.17) is 14.6 Å². The van der Waals surface area contributed by atoms with E-state index in [0.717, 1.165) is 12.2 Å². The number of likely N-dealkylation sites (tertiary alicyclic amines) is 1. The molecule has 1 aliphatic rings. The summed E-state index contributed by atoms with van der Waals surface area (Å²) < 4.78 is 11.7. The van der Waals surface area contributed by atoms with Crippen LogP contribution in [0.25, 0.3) is 0 Å². The van der Waals surface area contributed by atoms with E-state index in [1.807, 2.05) is 29.2 Å². The molecule has 1 N–H and O–H groups in total. The molecule has 0 saturated carbocycles. The molecule has 1 saturated heterocycles. The van der Waals surface area contributed by atoms with Crippen molar-refractivity contribution >= 4 is 35.0 Å². The van der Waals surface area contributed by atoms with E-state index in [0.29, 0.717) is 35.4 Å². The van der Waals surface area contributed by atoms with E-state index in [1.54, 1.807) is 7.11 Å². The number of ether oxygens (including phenoxy) is 2. The number of thioether (sulfide) groups is 1. The molecule has 7 nitrogen and oxygen atoms in total. The van der Waals surface area contributed by atoms with Crippen LogP contribution < -0.4 is 9.47 Å². The zero-order valence-electron chi connectivity index (χ0n) is 14.8. The van der Waals surface area contributed by atoms with Gasteiger partial charge < -0.3 is 19.5 Å². The van der Waals surface area contributed by atoms with Gasteiger partial charge in [0.1, 0.15) is 18.1 Å². The van der Waals surface area contributed by atoms with Crippen molar-refractivity contribution < 1.29 is 24.2 Å². The Hall–Kier alpha value is -2.26. The van der Waals surface area contributed by atoms with Gasteiger partial charge in [-0.05, 0) is 18.6 Å². The summed E-state index contributed by atoms with van der Waals surface area (Å²) in [6, 6.07) is 7.43. The number of rotatable bonds is 9. The van der Waals surface area contributed by atoms with E-state index in [9.17, 15) is 9.59 Å². The predicted octanol–water partition coefficient (Wildman–Crippen LogP) is 3.01. The average molecular weight is 409 g/mol. The normalized spacial score (nSPS) is 16.6. The first-order valence-electron chi connectivity index (χ1n) is 8.44. The van der Waals surface area contributed by atoms with Crippen molar-refractivity contribution in [2.45, 2.75) is 23.2 Å². The highest BCUT2D eigenvalue weighted by molar-refractivity contribution is 8.01. The molecule has 2 aromatic rings. The van der Waals surface area contributed by atoms with Crippen molar-refractivity contribution in [1.29, 1.82) is 0 Å². The maximum atomic E-state index is 12.2. The molecule has 9 heteroatoms. The molecule has 144 valence electrons. The molecule has 2 heterocycles. The van der Waals surface area contributed by atoms with Crippen LogP contribution in [0.2, 0.25) is 0 Å². The summed E-state index contributed by atoms with van der Waals surface area (Å²) in [5.74, 6) is 1.20. The summed E-state index contributed by atoms with van der Waals surface area (Å²) in [6.45, 7) is 1.02. The Balaban J connectivity index is 1.50. The molecule has 0 bridgehead atoms. The lowest BCUT2D eigenvalue weighted by molar-refractivity contribution is -0.129. The van der Waals surface area contributed by atoms with Gasteiger partial charge in [-0.15, -0.1) is 11.3 Å². The minimum absolute atomic E-state index is 0.0372. The second-order valence-electron chi connectivity index (χ2n) is 5.92. The Labute approximate surface area is 165 Å². The predicted molar refractivity (Wildman–Crippen MR) is 103 cm³/mol. The van der Waals surface area contributed by atoms with Gasteiger partial charge in [0.05, 0.1) is 13.2 Å². The third kappa shape index (κ3) is 5.14. The summed E-state index contributed by atoms with van der Waals surface area (Å²) in [7, 11) is 1.61. The van der Waals surface area contributed by atoms with Gasteiger partial charge in [-0.1, -0.05) is 17.8 Å². The molecule has 0 spiro atoms. The van der Waals surface area contributed by atoms with Crippen molar-refractivity contribution in [3.8, 4) is 11.5 Å². The van der Waals surface area contributed by atoms with Crippen molar-refractivity contribution in [3.05, 3.63) is 35.3 Å². The van der Waals surface area contributed by atoms with Gasteiger partial charge in [-0.3, -0.25) is 4.79 Å². The molecule has 3 rings (SSSR count). The molecule has 1 aliphatic heterocycles. The lowest BCUT2D eigenvalue weighted by Gasteiger charge is -2.24. The SMILES string of the molecule is COc1cccc(OC[C@H]2CCC(=O)N2CCSc2nc(C(=O)O)cs2)c1. The number of benzene rings is 1. The van der Waals surface area contributed by atoms with Crippen LogP contribution in [0.15, 0.2) is 34.0 Å². The van der Waals surface area contributed by atoms with Crippen molar-refractivity contribution in [1.82, 2.24) is 9.88 Å². The number of hydrogen-bond donors (Lipinski definition) is 1. The third-order valence-electron chi connectivity index (χ3n) is 4.20. The Morgan fingerprint density at radius 2 is 2.26 bits per heavy atom. The van der Waals surface area contributed by atoms with Gasteiger partial charge in [-0.2, -0.15) is 0 Å². The number of methoxy groups -OCH3 is 1. The number of thiazole rings is 1. The summed E-state index contributed by atoms with van der Waals surface area (Å²) >= 11 is 2.77. The standard InChI is InChI=1S/C18H20N2O5S2/c1-24-13-3-2-4-14(9-13)25-10-12-5-6-16(21)20(12)7-8-26-18-19-15(11-27-18)17(22)23/h2-4,9,11-12H,5-8,10H2,1H3,(H,22,23)/t12-/m1/s1. The van der Waals surface area contributed by atoms with Crippen LogP contribution in [0, 0.1) is 0 Å². The Morgan fingerprint density at radius 1 is 1.44 bits per heavy atom. The molecule has 1 amide bonds. The van der Waals surface area contributed by atoms with E-state index in [1.165, 1.54) is 28.5 Å². The van der Waals surface area contributed by atoms with E-state index in [2.05, 4.69) is 4.98 Å². The first kappa shape index (κ1) is 19.5. The molecule has 27 heavy (non-hydrogen) atoms. The van der Waals surface area contributed by atoms with Crippen molar-refractivity contribution in [3.63, 3.8) is 0 Å². The van der Waals surface area contributed by atoms with Gasteiger partial charge in [0, 0.05) is 30.2 Å². The second-order valence-corrected chi connectivity index (χ2v) is 8.12. The van der Waals surface area contributed by atoms with E-state index < -0.39 is 5.97 Å². The zero-order chi connectivity index (χ0) is 19.2. The molecule has 1 atom stereocenters. The first-order valence-corrected chi connectivity index (χ1v) is 10.3. The fraction of sp³-hybridized carbons (Fsp3) is 0.389. The number of aromatic carboxylic acids is 1.